The van der Waals surface area contributed by atoms with Gasteiger partial charge in [0.1, 0.15) is 5.75 Å². The van der Waals surface area contributed by atoms with Crippen LogP contribution < -0.4 is 4.74 Å². The Morgan fingerprint density at radius 3 is 2.41 bits per heavy atom. The van der Waals surface area contributed by atoms with Crippen LogP contribution in [0, 0.1) is 23.7 Å². The van der Waals surface area contributed by atoms with Crippen LogP contribution in [0.3, 0.4) is 0 Å². The molecule has 0 bridgehead atoms. The first-order valence-corrected chi connectivity index (χ1v) is 11.7. The standard InChI is InChI=1S/C27H33NO4/c1-17(2)22-15-14-18(3)16-27(22)28(26(31)21-12-8-9-13-23(21)32-27)25(30)19(4)24(29)20-10-6-5-7-11-20/h5-13,17-19,22,24,29H,14-16H2,1-4H3/t18-,19+,22+,24+,27+/m1/s1. The largest absolute Gasteiger partial charge is 0.466 e. The number of benzene rings is 2. The van der Waals surface area contributed by atoms with Gasteiger partial charge in [0.05, 0.1) is 17.6 Å². The normalized spacial score (nSPS) is 27.1. The molecule has 2 amide bonds. The third-order valence-electron chi connectivity index (χ3n) is 7.21. The van der Waals surface area contributed by atoms with Gasteiger partial charge in [0.2, 0.25) is 5.91 Å². The number of imide groups is 1. The molecule has 2 aromatic carbocycles. The van der Waals surface area contributed by atoms with Gasteiger partial charge in [-0.05, 0) is 42.4 Å². The summed E-state index contributed by atoms with van der Waals surface area (Å²) in [5.41, 5.74) is 0.0122. The van der Waals surface area contributed by atoms with Crippen molar-refractivity contribution in [3.8, 4) is 5.75 Å². The molecule has 32 heavy (non-hydrogen) atoms. The van der Waals surface area contributed by atoms with Crippen LogP contribution in [0.5, 0.6) is 5.75 Å². The van der Waals surface area contributed by atoms with Crippen LogP contribution >= 0.6 is 0 Å². The number of aliphatic hydroxyl groups is 1. The van der Waals surface area contributed by atoms with Gasteiger partial charge in [-0.25, -0.2) is 4.90 Å². The average Bonchev–Trinajstić information content (AvgIpc) is 2.78. The van der Waals surface area contributed by atoms with Crippen LogP contribution in [-0.2, 0) is 4.79 Å². The Hall–Kier alpha value is -2.66. The number of aliphatic hydroxyl groups excluding tert-OH is 1. The summed E-state index contributed by atoms with van der Waals surface area (Å²) in [5, 5.41) is 11.0. The molecular weight excluding hydrogens is 402 g/mol. The van der Waals surface area contributed by atoms with Crippen LogP contribution in [-0.4, -0.2) is 27.5 Å². The van der Waals surface area contributed by atoms with Crippen molar-refractivity contribution >= 4 is 11.8 Å². The van der Waals surface area contributed by atoms with E-state index in [1.165, 1.54) is 4.90 Å². The monoisotopic (exact) mass is 435 g/mol. The van der Waals surface area contributed by atoms with E-state index in [9.17, 15) is 14.7 Å². The molecule has 1 fully saturated rings. The molecule has 5 atom stereocenters. The van der Waals surface area contributed by atoms with E-state index in [0.29, 0.717) is 29.2 Å². The Morgan fingerprint density at radius 2 is 1.72 bits per heavy atom. The second-order valence-electron chi connectivity index (χ2n) is 9.80. The Balaban J connectivity index is 1.80. The average molecular weight is 436 g/mol. The molecule has 1 aliphatic carbocycles. The summed E-state index contributed by atoms with van der Waals surface area (Å²) in [4.78, 5) is 29.1. The lowest BCUT2D eigenvalue weighted by Crippen LogP contribution is -2.68. The van der Waals surface area contributed by atoms with Gasteiger partial charge in [0.15, 0.2) is 5.72 Å². The predicted octanol–water partition coefficient (Wildman–Crippen LogP) is 5.21. The fourth-order valence-electron chi connectivity index (χ4n) is 5.50. The van der Waals surface area contributed by atoms with Crippen molar-refractivity contribution in [3.63, 3.8) is 0 Å². The maximum absolute atomic E-state index is 13.9. The number of rotatable bonds is 4. The Kier molecular flexibility index (Phi) is 6.13. The third-order valence-corrected chi connectivity index (χ3v) is 7.21. The lowest BCUT2D eigenvalue weighted by molar-refractivity contribution is -0.181. The molecular formula is C27H33NO4. The molecule has 1 heterocycles. The lowest BCUT2D eigenvalue weighted by atomic mass is 9.69. The zero-order valence-corrected chi connectivity index (χ0v) is 19.3. The molecule has 0 unspecified atom stereocenters. The van der Waals surface area contributed by atoms with E-state index in [0.717, 1.165) is 12.8 Å². The second kappa shape index (κ2) is 8.70. The molecule has 1 aliphatic heterocycles. The summed E-state index contributed by atoms with van der Waals surface area (Å²) in [6, 6.07) is 16.3. The highest BCUT2D eigenvalue weighted by Crippen LogP contribution is 2.50. The molecule has 4 rings (SSSR count). The number of hydrogen-bond acceptors (Lipinski definition) is 4. The lowest BCUT2D eigenvalue weighted by Gasteiger charge is -2.55. The van der Waals surface area contributed by atoms with E-state index in [1.54, 1.807) is 31.2 Å². The van der Waals surface area contributed by atoms with Crippen LogP contribution in [0.25, 0.3) is 0 Å². The highest BCUT2D eigenvalue weighted by molar-refractivity contribution is 6.08. The van der Waals surface area contributed by atoms with Gasteiger partial charge in [0, 0.05) is 12.3 Å². The van der Waals surface area contributed by atoms with Gasteiger partial charge in [-0.15, -0.1) is 0 Å². The van der Waals surface area contributed by atoms with E-state index in [2.05, 4.69) is 20.8 Å². The minimum absolute atomic E-state index is 0.0148. The zero-order valence-electron chi connectivity index (χ0n) is 19.3. The van der Waals surface area contributed by atoms with E-state index in [-0.39, 0.29) is 23.7 Å². The van der Waals surface area contributed by atoms with Gasteiger partial charge in [-0.2, -0.15) is 0 Å². The fraction of sp³-hybridized carbons (Fsp3) is 0.481. The number of carbonyl (C=O) groups is 2. The van der Waals surface area contributed by atoms with Crippen LogP contribution in [0.1, 0.15) is 69.0 Å². The van der Waals surface area contributed by atoms with Crippen LogP contribution in [0.2, 0.25) is 0 Å². The van der Waals surface area contributed by atoms with Gasteiger partial charge >= 0.3 is 0 Å². The van der Waals surface area contributed by atoms with Gasteiger partial charge in [0.25, 0.3) is 5.91 Å². The summed E-state index contributed by atoms with van der Waals surface area (Å²) in [6.45, 7) is 8.10. The van der Waals surface area contributed by atoms with Crippen molar-refractivity contribution in [1.29, 1.82) is 0 Å². The topological polar surface area (TPSA) is 66.8 Å². The number of hydrogen-bond donors (Lipinski definition) is 1. The number of amides is 2. The highest BCUT2D eigenvalue weighted by Gasteiger charge is 2.58. The first-order chi connectivity index (χ1) is 15.3. The van der Waals surface area contributed by atoms with Crippen molar-refractivity contribution in [3.05, 3.63) is 65.7 Å². The molecule has 0 radical (unpaired) electrons. The molecule has 5 nitrogen and oxygen atoms in total. The number of fused-ring (bicyclic) bond motifs is 1. The second-order valence-corrected chi connectivity index (χ2v) is 9.80. The first-order valence-electron chi connectivity index (χ1n) is 11.7. The summed E-state index contributed by atoms with van der Waals surface area (Å²) in [7, 11) is 0. The molecule has 5 heteroatoms. The van der Waals surface area contributed by atoms with Crippen molar-refractivity contribution < 1.29 is 19.4 Å². The Bertz CT molecular complexity index is 988. The van der Waals surface area contributed by atoms with Crippen LogP contribution in [0.4, 0.5) is 0 Å². The molecule has 0 aromatic heterocycles. The van der Waals surface area contributed by atoms with Crippen molar-refractivity contribution in [2.24, 2.45) is 23.7 Å². The zero-order chi connectivity index (χ0) is 23.0. The molecule has 2 aliphatic rings. The Morgan fingerprint density at radius 1 is 1.06 bits per heavy atom. The quantitative estimate of drug-likeness (QED) is 0.716. The van der Waals surface area contributed by atoms with Crippen molar-refractivity contribution in [2.45, 2.75) is 58.8 Å². The summed E-state index contributed by atoms with van der Waals surface area (Å²) >= 11 is 0. The third kappa shape index (κ3) is 3.73. The molecule has 0 saturated heterocycles. The molecule has 1 saturated carbocycles. The summed E-state index contributed by atoms with van der Waals surface area (Å²) in [5.74, 6) is -0.419. The number of ether oxygens (including phenoxy) is 1. The number of nitrogens with zero attached hydrogens (tertiary/aromatic N) is 1. The first kappa shape index (κ1) is 22.5. The van der Waals surface area contributed by atoms with Crippen molar-refractivity contribution in [2.75, 3.05) is 0 Å². The highest BCUT2D eigenvalue weighted by atomic mass is 16.5. The summed E-state index contributed by atoms with van der Waals surface area (Å²) < 4.78 is 6.65. The SMILES string of the molecule is CC(C)[C@@H]1CC[C@@H](C)C[C@]12Oc1ccccc1C(=O)N2C(=O)[C@@H](C)[C@H](O)c1ccccc1. The van der Waals surface area contributed by atoms with E-state index in [4.69, 9.17) is 4.74 Å². The van der Waals surface area contributed by atoms with E-state index < -0.39 is 17.7 Å². The molecule has 170 valence electrons. The van der Waals surface area contributed by atoms with Crippen LogP contribution in [0.15, 0.2) is 54.6 Å². The molecule has 1 spiro atoms. The Labute approximate surface area is 190 Å². The maximum Gasteiger partial charge on any atom is 0.267 e. The number of carbonyl (C=O) groups excluding carboxylic acids is 2. The van der Waals surface area contributed by atoms with Gasteiger partial charge in [-0.1, -0.05) is 70.2 Å². The maximum atomic E-state index is 13.9. The smallest absolute Gasteiger partial charge is 0.267 e. The molecule has 2 aromatic rings. The van der Waals surface area contributed by atoms with Crippen molar-refractivity contribution in [1.82, 2.24) is 4.90 Å². The fourth-order valence-corrected chi connectivity index (χ4v) is 5.50. The summed E-state index contributed by atoms with van der Waals surface area (Å²) in [6.07, 6.45) is 1.50. The number of para-hydroxylation sites is 1. The van der Waals surface area contributed by atoms with Gasteiger partial charge in [-0.3, -0.25) is 9.59 Å². The minimum Gasteiger partial charge on any atom is -0.466 e. The molecule has 1 N–H and O–H groups in total. The van der Waals surface area contributed by atoms with E-state index >= 15 is 0 Å². The van der Waals surface area contributed by atoms with E-state index in [1.807, 2.05) is 30.3 Å². The minimum atomic E-state index is -1.04. The van der Waals surface area contributed by atoms with Gasteiger partial charge < -0.3 is 9.84 Å². The predicted molar refractivity (Wildman–Crippen MR) is 123 cm³/mol.